The van der Waals surface area contributed by atoms with Crippen molar-refractivity contribution >= 4 is 9.84 Å². The van der Waals surface area contributed by atoms with Gasteiger partial charge in [-0.25, -0.2) is 8.42 Å². The van der Waals surface area contributed by atoms with Crippen LogP contribution in [0.2, 0.25) is 0 Å². The molecule has 0 fully saturated rings. The van der Waals surface area contributed by atoms with Crippen molar-refractivity contribution in [1.29, 1.82) is 0 Å². The van der Waals surface area contributed by atoms with Gasteiger partial charge >= 0.3 is 0 Å². The first-order chi connectivity index (χ1) is 8.59. The summed E-state index contributed by atoms with van der Waals surface area (Å²) in [6, 6.07) is 0.0794. The Morgan fingerprint density at radius 2 is 2.11 bits per heavy atom. The van der Waals surface area contributed by atoms with Gasteiger partial charge in [0.25, 0.3) is 0 Å². The van der Waals surface area contributed by atoms with Gasteiger partial charge < -0.3 is 5.32 Å². The quantitative estimate of drug-likeness (QED) is 0.772. The molecule has 0 bridgehead atoms. The standard InChI is InChI=1S/C12H21N3O2S/c1-3-14-11(12-10-13-7-8-15-12)6-5-9-18(16,17)4-2/h7-8,10-11,14H,3-6,9H2,1-2H3. The largest absolute Gasteiger partial charge is 0.309 e. The third-order valence-corrected chi connectivity index (χ3v) is 4.57. The average Bonchev–Trinajstić information content (AvgIpc) is 2.39. The third kappa shape index (κ3) is 5.10. The second-order valence-corrected chi connectivity index (χ2v) is 6.59. The first kappa shape index (κ1) is 15.0. The van der Waals surface area contributed by atoms with E-state index in [4.69, 9.17) is 0 Å². The van der Waals surface area contributed by atoms with Gasteiger partial charge in [0.1, 0.15) is 9.84 Å². The Bertz CT molecular complexity index is 434. The van der Waals surface area contributed by atoms with E-state index in [9.17, 15) is 8.42 Å². The van der Waals surface area contributed by atoms with Crippen molar-refractivity contribution in [2.75, 3.05) is 18.1 Å². The first-order valence-electron chi connectivity index (χ1n) is 6.28. The second kappa shape index (κ2) is 7.43. The van der Waals surface area contributed by atoms with E-state index in [1.165, 1.54) is 0 Å². The van der Waals surface area contributed by atoms with Crippen LogP contribution in [0.25, 0.3) is 0 Å². The summed E-state index contributed by atoms with van der Waals surface area (Å²) in [6.07, 6.45) is 6.41. The van der Waals surface area contributed by atoms with Crippen LogP contribution in [0.4, 0.5) is 0 Å². The monoisotopic (exact) mass is 271 g/mol. The van der Waals surface area contributed by atoms with Crippen LogP contribution in [-0.4, -0.2) is 36.4 Å². The van der Waals surface area contributed by atoms with E-state index < -0.39 is 9.84 Å². The molecule has 18 heavy (non-hydrogen) atoms. The van der Waals surface area contributed by atoms with E-state index in [2.05, 4.69) is 15.3 Å². The number of hydrogen-bond acceptors (Lipinski definition) is 5. The molecule has 0 aliphatic rings. The van der Waals surface area contributed by atoms with Gasteiger partial charge in [0.15, 0.2) is 0 Å². The molecule has 0 amide bonds. The number of sulfone groups is 1. The van der Waals surface area contributed by atoms with E-state index in [-0.39, 0.29) is 17.5 Å². The molecule has 0 spiro atoms. The van der Waals surface area contributed by atoms with Gasteiger partial charge in [-0.3, -0.25) is 9.97 Å². The molecule has 5 nitrogen and oxygen atoms in total. The van der Waals surface area contributed by atoms with Gasteiger partial charge in [0.2, 0.25) is 0 Å². The van der Waals surface area contributed by atoms with Gasteiger partial charge in [-0.15, -0.1) is 0 Å². The Labute approximate surface area is 109 Å². The van der Waals surface area contributed by atoms with E-state index in [0.29, 0.717) is 6.42 Å². The molecule has 6 heteroatoms. The summed E-state index contributed by atoms with van der Waals surface area (Å²) in [7, 11) is -2.88. The summed E-state index contributed by atoms with van der Waals surface area (Å²) in [5.74, 6) is 0.454. The molecule has 1 unspecified atom stereocenters. The highest BCUT2D eigenvalue weighted by atomic mass is 32.2. The molecule has 1 atom stereocenters. The summed E-state index contributed by atoms with van der Waals surface area (Å²) in [5.41, 5.74) is 0.869. The highest BCUT2D eigenvalue weighted by molar-refractivity contribution is 7.91. The van der Waals surface area contributed by atoms with Crippen LogP contribution in [0.3, 0.4) is 0 Å². The fourth-order valence-corrected chi connectivity index (χ4v) is 2.64. The Morgan fingerprint density at radius 3 is 2.67 bits per heavy atom. The van der Waals surface area contributed by atoms with Crippen LogP contribution in [-0.2, 0) is 9.84 Å². The topological polar surface area (TPSA) is 72.0 Å². The average molecular weight is 271 g/mol. The van der Waals surface area contributed by atoms with E-state index in [1.807, 2.05) is 6.92 Å². The molecule has 1 N–H and O–H groups in total. The zero-order valence-corrected chi connectivity index (χ0v) is 11.8. The zero-order valence-electron chi connectivity index (χ0n) is 11.0. The van der Waals surface area contributed by atoms with Crippen molar-refractivity contribution in [2.24, 2.45) is 0 Å². The van der Waals surface area contributed by atoms with Gasteiger partial charge in [-0.1, -0.05) is 13.8 Å². The molecule has 0 saturated heterocycles. The first-order valence-corrected chi connectivity index (χ1v) is 8.11. The van der Waals surface area contributed by atoms with Crippen molar-refractivity contribution in [3.63, 3.8) is 0 Å². The lowest BCUT2D eigenvalue weighted by Crippen LogP contribution is -2.23. The van der Waals surface area contributed by atoms with Crippen molar-refractivity contribution in [1.82, 2.24) is 15.3 Å². The van der Waals surface area contributed by atoms with Crippen LogP contribution < -0.4 is 5.32 Å². The predicted octanol–water partition coefficient (Wildman–Crippen LogP) is 1.34. The fourth-order valence-electron chi connectivity index (χ4n) is 1.74. The summed E-state index contributed by atoms with van der Waals surface area (Å²) in [6.45, 7) is 4.52. The zero-order chi connectivity index (χ0) is 13.4. The number of rotatable bonds is 8. The maximum absolute atomic E-state index is 11.4. The summed E-state index contributed by atoms with van der Waals surface area (Å²) < 4.78 is 22.9. The van der Waals surface area contributed by atoms with Crippen molar-refractivity contribution < 1.29 is 8.42 Å². The Morgan fingerprint density at radius 1 is 1.33 bits per heavy atom. The minimum absolute atomic E-state index is 0.0794. The maximum Gasteiger partial charge on any atom is 0.150 e. The highest BCUT2D eigenvalue weighted by Crippen LogP contribution is 2.15. The lowest BCUT2D eigenvalue weighted by Gasteiger charge is -2.16. The Hall–Kier alpha value is -1.01. The smallest absolute Gasteiger partial charge is 0.150 e. The van der Waals surface area contributed by atoms with Crippen LogP contribution in [0.15, 0.2) is 18.6 Å². The van der Waals surface area contributed by atoms with Gasteiger partial charge in [-0.05, 0) is 19.4 Å². The van der Waals surface area contributed by atoms with Gasteiger partial charge in [0, 0.05) is 24.3 Å². The molecular formula is C12H21N3O2S. The lowest BCUT2D eigenvalue weighted by atomic mass is 10.1. The third-order valence-electron chi connectivity index (χ3n) is 2.78. The van der Waals surface area contributed by atoms with Crippen LogP contribution in [0, 0.1) is 0 Å². The molecule has 0 saturated carbocycles. The van der Waals surface area contributed by atoms with Gasteiger partial charge in [0.05, 0.1) is 17.5 Å². The normalized spacial score (nSPS) is 13.4. The summed E-state index contributed by atoms with van der Waals surface area (Å²) >= 11 is 0. The van der Waals surface area contributed by atoms with Gasteiger partial charge in [-0.2, -0.15) is 0 Å². The second-order valence-electron chi connectivity index (χ2n) is 4.12. The van der Waals surface area contributed by atoms with Crippen molar-refractivity contribution in [3.8, 4) is 0 Å². The van der Waals surface area contributed by atoms with Crippen LogP contribution in [0.1, 0.15) is 38.4 Å². The SMILES string of the molecule is CCNC(CCCS(=O)(=O)CC)c1cnccn1. The predicted molar refractivity (Wildman–Crippen MR) is 72.0 cm³/mol. The lowest BCUT2D eigenvalue weighted by molar-refractivity contribution is 0.494. The molecule has 102 valence electrons. The molecule has 0 aromatic carbocycles. The van der Waals surface area contributed by atoms with Crippen molar-refractivity contribution in [3.05, 3.63) is 24.3 Å². The summed E-state index contributed by atoms with van der Waals surface area (Å²) in [5, 5.41) is 3.31. The minimum atomic E-state index is -2.88. The number of hydrogen-bond donors (Lipinski definition) is 1. The number of aromatic nitrogens is 2. The molecule has 0 aliphatic heterocycles. The maximum atomic E-state index is 11.4. The molecule has 1 heterocycles. The number of nitrogens with one attached hydrogen (secondary N) is 1. The summed E-state index contributed by atoms with van der Waals surface area (Å²) in [4.78, 5) is 8.30. The molecule has 1 rings (SSSR count). The fraction of sp³-hybridized carbons (Fsp3) is 0.667. The molecule has 0 radical (unpaired) electrons. The molecule has 0 aliphatic carbocycles. The molecule has 1 aromatic heterocycles. The van der Waals surface area contributed by atoms with E-state index >= 15 is 0 Å². The highest BCUT2D eigenvalue weighted by Gasteiger charge is 2.14. The van der Waals surface area contributed by atoms with Crippen LogP contribution >= 0.6 is 0 Å². The van der Waals surface area contributed by atoms with Crippen molar-refractivity contribution in [2.45, 2.75) is 32.7 Å². The Kier molecular flexibility index (Phi) is 6.21. The molecular weight excluding hydrogens is 250 g/mol. The van der Waals surface area contributed by atoms with Crippen LogP contribution in [0.5, 0.6) is 0 Å². The number of nitrogens with zero attached hydrogens (tertiary/aromatic N) is 2. The Balaban J connectivity index is 2.54. The van der Waals surface area contributed by atoms with E-state index in [1.54, 1.807) is 25.5 Å². The van der Waals surface area contributed by atoms with E-state index in [0.717, 1.165) is 18.7 Å². The molecule has 1 aromatic rings. The minimum Gasteiger partial charge on any atom is -0.309 e.